The molecule has 0 aromatic heterocycles. The molecular weight excluding hydrogens is 270 g/mol. The summed E-state index contributed by atoms with van der Waals surface area (Å²) in [5.74, 6) is 1.33. The van der Waals surface area contributed by atoms with Crippen molar-refractivity contribution >= 4 is 16.8 Å². The molecule has 0 radical (unpaired) electrons. The van der Waals surface area contributed by atoms with Crippen molar-refractivity contribution in [2.45, 2.75) is 43.9 Å². The molecular formula is C15H23N3OS. The van der Waals surface area contributed by atoms with Crippen molar-refractivity contribution in [3.63, 3.8) is 0 Å². The number of aliphatic imine (C=N–C) groups is 1. The maximum absolute atomic E-state index is 11.9. The summed E-state index contributed by atoms with van der Waals surface area (Å²) in [6.45, 7) is 0.723. The average molecular weight is 293 g/mol. The Morgan fingerprint density at radius 2 is 2.10 bits per heavy atom. The fraction of sp³-hybridized carbons (Fsp3) is 0.533. The van der Waals surface area contributed by atoms with Gasteiger partial charge in [-0.3, -0.25) is 4.99 Å². The fourth-order valence-corrected chi connectivity index (χ4v) is 3.32. The van der Waals surface area contributed by atoms with Gasteiger partial charge in [-0.25, -0.2) is 8.93 Å². The van der Waals surface area contributed by atoms with E-state index in [1.165, 1.54) is 6.42 Å². The molecule has 1 aromatic rings. The quantitative estimate of drug-likeness (QED) is 0.843. The second kappa shape index (κ2) is 8.17. The van der Waals surface area contributed by atoms with Gasteiger partial charge in [0.2, 0.25) is 0 Å². The third-order valence-electron chi connectivity index (χ3n) is 3.45. The van der Waals surface area contributed by atoms with Gasteiger partial charge in [0.1, 0.15) is 0 Å². The van der Waals surface area contributed by atoms with Crippen molar-refractivity contribution in [1.82, 2.24) is 4.72 Å². The maximum atomic E-state index is 11.9. The van der Waals surface area contributed by atoms with Gasteiger partial charge in [-0.15, -0.1) is 0 Å². The van der Waals surface area contributed by atoms with E-state index >= 15 is 0 Å². The predicted octanol–water partition coefficient (Wildman–Crippen LogP) is 2.13. The number of hydrogen-bond acceptors (Lipinski definition) is 3. The van der Waals surface area contributed by atoms with Gasteiger partial charge in [0.05, 0.1) is 28.6 Å². The third kappa shape index (κ3) is 5.43. The normalized spacial score (nSPS) is 21.0. The van der Waals surface area contributed by atoms with Crippen LogP contribution in [0, 0.1) is 0 Å². The molecule has 1 aliphatic heterocycles. The number of hydrogen-bond donors (Lipinski definition) is 2. The first-order valence-electron chi connectivity index (χ1n) is 7.22. The highest BCUT2D eigenvalue weighted by Crippen LogP contribution is 2.14. The zero-order valence-electron chi connectivity index (χ0n) is 11.8. The fourth-order valence-electron chi connectivity index (χ4n) is 2.37. The maximum Gasteiger partial charge on any atom is 0.0960 e. The second-order valence-electron chi connectivity index (χ2n) is 5.18. The van der Waals surface area contributed by atoms with E-state index < -0.39 is 11.0 Å². The minimum atomic E-state index is -1.02. The summed E-state index contributed by atoms with van der Waals surface area (Å²) < 4.78 is 15.0. The minimum absolute atomic E-state index is 0.290. The SMILES string of the molecule is NC1=NC(CCNS(=O)Cc2ccccc2)CCCC1. The highest BCUT2D eigenvalue weighted by Gasteiger charge is 2.12. The van der Waals surface area contributed by atoms with Crippen LogP contribution in [0.25, 0.3) is 0 Å². The molecule has 1 heterocycles. The van der Waals surface area contributed by atoms with Crippen molar-refractivity contribution in [2.24, 2.45) is 10.7 Å². The lowest BCUT2D eigenvalue weighted by Gasteiger charge is -2.11. The summed E-state index contributed by atoms with van der Waals surface area (Å²) in [6, 6.07) is 10.2. The predicted molar refractivity (Wildman–Crippen MR) is 84.8 cm³/mol. The standard InChI is InChI=1S/C15H23N3OS/c16-15-9-5-4-8-14(18-15)10-11-17-20(19)12-13-6-2-1-3-7-13/h1-3,6-7,14,17H,4-5,8-12H2,(H2,16,18). The smallest absolute Gasteiger partial charge is 0.0960 e. The van der Waals surface area contributed by atoms with E-state index in [1.807, 2.05) is 30.3 Å². The van der Waals surface area contributed by atoms with Crippen LogP contribution in [0.3, 0.4) is 0 Å². The van der Waals surface area contributed by atoms with E-state index in [0.717, 1.165) is 43.6 Å². The molecule has 0 amide bonds. The van der Waals surface area contributed by atoms with Crippen molar-refractivity contribution in [3.05, 3.63) is 35.9 Å². The van der Waals surface area contributed by atoms with E-state index in [-0.39, 0.29) is 0 Å². The van der Waals surface area contributed by atoms with Gasteiger partial charge in [0.25, 0.3) is 0 Å². The van der Waals surface area contributed by atoms with Crippen molar-refractivity contribution in [2.75, 3.05) is 6.54 Å². The summed E-state index contributed by atoms with van der Waals surface area (Å²) in [5.41, 5.74) is 6.92. The Bertz CT molecular complexity index is 461. The van der Waals surface area contributed by atoms with Gasteiger partial charge < -0.3 is 5.73 Å². The van der Waals surface area contributed by atoms with Crippen LogP contribution in [0.15, 0.2) is 35.3 Å². The summed E-state index contributed by atoms with van der Waals surface area (Å²) in [4.78, 5) is 4.51. The Labute approximate surface area is 123 Å². The molecule has 2 unspecified atom stereocenters. The summed E-state index contributed by atoms with van der Waals surface area (Å²) in [7, 11) is -1.02. The van der Waals surface area contributed by atoms with Crippen molar-refractivity contribution < 1.29 is 4.21 Å². The van der Waals surface area contributed by atoms with Gasteiger partial charge in [0, 0.05) is 13.0 Å². The first-order valence-corrected chi connectivity index (χ1v) is 8.54. The average Bonchev–Trinajstić information content (AvgIpc) is 2.64. The lowest BCUT2D eigenvalue weighted by molar-refractivity contribution is 0.550. The summed E-state index contributed by atoms with van der Waals surface area (Å²) in [5, 5.41) is 0. The van der Waals surface area contributed by atoms with Gasteiger partial charge in [0.15, 0.2) is 0 Å². The lowest BCUT2D eigenvalue weighted by atomic mass is 10.1. The number of rotatable bonds is 6. The molecule has 20 heavy (non-hydrogen) atoms. The Morgan fingerprint density at radius 1 is 1.30 bits per heavy atom. The third-order valence-corrected chi connectivity index (χ3v) is 4.57. The summed E-state index contributed by atoms with van der Waals surface area (Å²) in [6.07, 6.45) is 5.24. The highest BCUT2D eigenvalue weighted by atomic mass is 32.2. The molecule has 0 spiro atoms. The molecule has 3 N–H and O–H groups in total. The van der Waals surface area contributed by atoms with Crippen LogP contribution in [0.5, 0.6) is 0 Å². The van der Waals surface area contributed by atoms with Gasteiger partial charge in [-0.05, 0) is 24.8 Å². The minimum Gasteiger partial charge on any atom is -0.387 e. The second-order valence-corrected chi connectivity index (χ2v) is 6.45. The molecule has 2 atom stereocenters. The van der Waals surface area contributed by atoms with Crippen molar-refractivity contribution in [1.29, 1.82) is 0 Å². The number of nitrogens with zero attached hydrogens (tertiary/aromatic N) is 1. The van der Waals surface area contributed by atoms with Crippen LogP contribution in [0.2, 0.25) is 0 Å². The monoisotopic (exact) mass is 293 g/mol. The number of nitrogens with one attached hydrogen (secondary N) is 1. The van der Waals surface area contributed by atoms with E-state index in [1.54, 1.807) is 0 Å². The van der Waals surface area contributed by atoms with Crippen LogP contribution in [0.1, 0.15) is 37.7 Å². The van der Waals surface area contributed by atoms with Crippen LogP contribution >= 0.6 is 0 Å². The van der Waals surface area contributed by atoms with Gasteiger partial charge in [-0.2, -0.15) is 0 Å². The van der Waals surface area contributed by atoms with Crippen molar-refractivity contribution in [3.8, 4) is 0 Å². The van der Waals surface area contributed by atoms with Crippen LogP contribution in [-0.2, 0) is 16.7 Å². The largest absolute Gasteiger partial charge is 0.387 e. The molecule has 0 fully saturated rings. The molecule has 110 valence electrons. The topological polar surface area (TPSA) is 67.5 Å². The van der Waals surface area contributed by atoms with Gasteiger partial charge in [-0.1, -0.05) is 36.8 Å². The molecule has 0 aliphatic carbocycles. The molecule has 1 aromatic carbocycles. The zero-order chi connectivity index (χ0) is 14.2. The number of amidine groups is 1. The van der Waals surface area contributed by atoms with Crippen LogP contribution in [-0.4, -0.2) is 22.6 Å². The van der Waals surface area contributed by atoms with Crippen LogP contribution in [0.4, 0.5) is 0 Å². The molecule has 0 saturated carbocycles. The molecule has 2 rings (SSSR count). The zero-order valence-corrected chi connectivity index (χ0v) is 12.6. The van der Waals surface area contributed by atoms with E-state index in [2.05, 4.69) is 9.71 Å². The number of nitrogens with two attached hydrogens (primary N) is 1. The van der Waals surface area contributed by atoms with Crippen LogP contribution < -0.4 is 10.5 Å². The molecule has 0 saturated heterocycles. The Morgan fingerprint density at radius 3 is 2.90 bits per heavy atom. The summed E-state index contributed by atoms with van der Waals surface area (Å²) >= 11 is 0. The Hall–Kier alpha value is -1.20. The lowest BCUT2D eigenvalue weighted by Crippen LogP contribution is -2.24. The molecule has 5 heteroatoms. The van der Waals surface area contributed by atoms with Gasteiger partial charge >= 0.3 is 0 Å². The molecule has 1 aliphatic rings. The van der Waals surface area contributed by atoms with E-state index in [0.29, 0.717) is 11.8 Å². The first kappa shape index (κ1) is 15.2. The van der Waals surface area contributed by atoms with E-state index in [4.69, 9.17) is 5.73 Å². The van der Waals surface area contributed by atoms with E-state index in [9.17, 15) is 4.21 Å². The molecule has 4 nitrogen and oxygen atoms in total. The Balaban J connectivity index is 1.70. The molecule has 0 bridgehead atoms. The Kier molecular flexibility index (Phi) is 6.21. The highest BCUT2D eigenvalue weighted by molar-refractivity contribution is 7.82. The number of benzene rings is 1. The first-order chi connectivity index (χ1) is 9.74.